The van der Waals surface area contributed by atoms with Gasteiger partial charge in [0.05, 0.1) is 35.9 Å². The van der Waals surface area contributed by atoms with Gasteiger partial charge in [0.1, 0.15) is 10.7 Å². The average Bonchev–Trinajstić information content (AvgIpc) is 3.17. The van der Waals surface area contributed by atoms with Gasteiger partial charge in [-0.15, -0.1) is 0 Å². The molecule has 1 aromatic carbocycles. The van der Waals surface area contributed by atoms with Crippen molar-refractivity contribution in [1.29, 1.82) is 0 Å². The molecule has 1 unspecified atom stereocenters. The Morgan fingerprint density at radius 3 is 2.79 bits per heavy atom. The van der Waals surface area contributed by atoms with E-state index in [-0.39, 0.29) is 23.6 Å². The topological polar surface area (TPSA) is 78.5 Å². The molecule has 4 rings (SSSR count). The highest BCUT2D eigenvalue weighted by atomic mass is 32.2. The Kier molecular flexibility index (Phi) is 7.37. The highest BCUT2D eigenvalue weighted by Gasteiger charge is 2.25. The summed E-state index contributed by atoms with van der Waals surface area (Å²) in [5.41, 5.74) is 3.80. The molecule has 0 saturated carbocycles. The quantitative estimate of drug-likeness (QED) is 0.330. The van der Waals surface area contributed by atoms with E-state index in [1.807, 2.05) is 30.5 Å². The number of hydrogen-bond acceptors (Lipinski definition) is 6. The third-order valence-electron chi connectivity index (χ3n) is 5.47. The lowest BCUT2D eigenvalue weighted by Crippen LogP contribution is -2.44. The predicted molar refractivity (Wildman–Crippen MR) is 137 cm³/mol. The number of amides is 1. The van der Waals surface area contributed by atoms with Crippen molar-refractivity contribution in [2.75, 3.05) is 23.7 Å². The number of benzene rings is 1. The number of carbonyl (C=O) groups excluding carboxylic acids is 1. The second-order valence-corrected chi connectivity index (χ2v) is 10.1. The number of hydrogen-bond donors (Lipinski definition) is 3. The zero-order valence-corrected chi connectivity index (χ0v) is 20.2. The van der Waals surface area contributed by atoms with Crippen LogP contribution in [0.3, 0.4) is 0 Å². The summed E-state index contributed by atoms with van der Waals surface area (Å²) in [7, 11) is 0. The number of thiol groups is 1. The lowest BCUT2D eigenvalue weighted by molar-refractivity contribution is -0.111. The first kappa shape index (κ1) is 23.4. The first-order valence-corrected chi connectivity index (χ1v) is 12.2. The molecule has 1 fully saturated rings. The monoisotopic (exact) mass is 466 g/mol. The molecule has 0 spiro atoms. The number of ether oxygens (including phenoxy) is 1. The van der Waals surface area contributed by atoms with Crippen LogP contribution in [0.15, 0.2) is 60.2 Å². The van der Waals surface area contributed by atoms with Gasteiger partial charge in [-0.2, -0.15) is 0 Å². The van der Waals surface area contributed by atoms with Gasteiger partial charge >= 0.3 is 0 Å². The minimum absolute atomic E-state index is 0.0993. The Balaban J connectivity index is 1.62. The molecule has 3 N–H and O–H groups in total. The Morgan fingerprint density at radius 1 is 1.30 bits per heavy atom. The van der Waals surface area contributed by atoms with Crippen LogP contribution >= 0.6 is 0 Å². The van der Waals surface area contributed by atoms with Gasteiger partial charge in [-0.3, -0.25) is 9.69 Å². The molecular weight excluding hydrogens is 434 g/mol. The van der Waals surface area contributed by atoms with Gasteiger partial charge in [0.25, 0.3) is 5.50 Å². The number of rotatable bonds is 7. The van der Waals surface area contributed by atoms with E-state index in [0.29, 0.717) is 5.69 Å². The van der Waals surface area contributed by atoms with Gasteiger partial charge in [0, 0.05) is 37.8 Å². The summed E-state index contributed by atoms with van der Waals surface area (Å²) in [6.07, 6.45) is 3.73. The fraction of sp³-hybridized carbons (Fsp3) is 0.360. The molecule has 1 amide bonds. The van der Waals surface area contributed by atoms with Crippen molar-refractivity contribution < 1.29 is 9.53 Å². The average molecular weight is 467 g/mol. The van der Waals surface area contributed by atoms with Crippen LogP contribution in [0.5, 0.6) is 0 Å². The van der Waals surface area contributed by atoms with Crippen LogP contribution in [0.1, 0.15) is 26.3 Å². The SMILES string of the molecule is C=CC(=O)Nc1cccc(-c2cc(CN3C[C@@H](C)O[C@@H](C)C3)cc(NC3NC=C(C)[SH+]3)n2)c1. The number of aromatic nitrogens is 1. The summed E-state index contributed by atoms with van der Waals surface area (Å²) in [6, 6.07) is 12.0. The van der Waals surface area contributed by atoms with Crippen LogP contribution in [-0.4, -0.2) is 46.6 Å². The van der Waals surface area contributed by atoms with Crippen molar-refractivity contribution in [3.63, 3.8) is 0 Å². The van der Waals surface area contributed by atoms with Crippen molar-refractivity contribution in [2.45, 2.75) is 45.0 Å². The molecule has 0 radical (unpaired) electrons. The number of anilines is 2. The normalized spacial score (nSPS) is 22.9. The lowest BCUT2D eigenvalue weighted by Gasteiger charge is -2.35. The zero-order valence-electron chi connectivity index (χ0n) is 19.3. The number of nitrogens with one attached hydrogen (secondary N) is 3. The summed E-state index contributed by atoms with van der Waals surface area (Å²) in [5.74, 6) is 0.589. The van der Waals surface area contributed by atoms with Crippen LogP contribution in [0.2, 0.25) is 0 Å². The molecule has 2 aliphatic rings. The summed E-state index contributed by atoms with van der Waals surface area (Å²) in [4.78, 5) is 20.4. The number of pyridine rings is 1. The molecule has 1 saturated heterocycles. The minimum Gasteiger partial charge on any atom is -0.373 e. The highest BCUT2D eigenvalue weighted by molar-refractivity contribution is 7.83. The first-order valence-electron chi connectivity index (χ1n) is 11.2. The van der Waals surface area contributed by atoms with Gasteiger partial charge in [-0.25, -0.2) is 4.98 Å². The van der Waals surface area contributed by atoms with E-state index in [9.17, 15) is 4.79 Å². The number of morpholine rings is 1. The van der Waals surface area contributed by atoms with E-state index in [4.69, 9.17) is 9.72 Å². The smallest absolute Gasteiger partial charge is 0.268 e. The van der Waals surface area contributed by atoms with Gasteiger partial charge in [-0.1, -0.05) is 18.7 Å². The van der Waals surface area contributed by atoms with E-state index in [2.05, 4.69) is 60.3 Å². The van der Waals surface area contributed by atoms with E-state index in [1.165, 1.54) is 28.3 Å². The second-order valence-electron chi connectivity index (χ2n) is 8.60. The Bertz CT molecular complexity index is 1050. The number of nitrogens with zero attached hydrogens (tertiary/aromatic N) is 2. The Labute approximate surface area is 199 Å². The third kappa shape index (κ3) is 6.37. The minimum atomic E-state index is -0.235. The number of allylic oxidation sites excluding steroid dienone is 1. The third-order valence-corrected chi connectivity index (χ3v) is 6.54. The molecule has 174 valence electrons. The van der Waals surface area contributed by atoms with Crippen LogP contribution < -0.4 is 16.0 Å². The van der Waals surface area contributed by atoms with Gasteiger partial charge in [0.2, 0.25) is 5.91 Å². The summed E-state index contributed by atoms with van der Waals surface area (Å²) < 4.78 is 5.90. The molecule has 3 heterocycles. The fourth-order valence-corrected chi connectivity index (χ4v) is 5.12. The molecule has 1 aromatic heterocycles. The summed E-state index contributed by atoms with van der Waals surface area (Å²) in [5, 5.41) is 9.70. The van der Waals surface area contributed by atoms with Crippen molar-refractivity contribution in [3.05, 3.63) is 65.7 Å². The van der Waals surface area contributed by atoms with Crippen LogP contribution in [0.25, 0.3) is 11.3 Å². The zero-order chi connectivity index (χ0) is 23.4. The van der Waals surface area contributed by atoms with E-state index >= 15 is 0 Å². The molecule has 33 heavy (non-hydrogen) atoms. The Hall–Kier alpha value is -2.81. The molecule has 2 aromatic rings. The first-order chi connectivity index (χ1) is 15.9. The summed E-state index contributed by atoms with van der Waals surface area (Å²) >= 11 is 1.20. The maximum atomic E-state index is 11.7. The standard InChI is InChI=1S/C25H31N5O2S/c1-5-24(31)27-21-8-6-7-20(11-21)22-9-19(15-30-13-16(2)32-17(3)14-30)10-23(28-22)29-25-26-12-18(4)33-25/h5-12,16-17,25-26H,1,13-15H2,2-4H3,(H,27,31)(H,28,29)/p+1/t16-,17+,25?. The molecule has 0 aliphatic carbocycles. The van der Waals surface area contributed by atoms with Crippen molar-refractivity contribution in [2.24, 2.45) is 0 Å². The van der Waals surface area contributed by atoms with E-state index in [1.54, 1.807) is 0 Å². The van der Waals surface area contributed by atoms with E-state index < -0.39 is 0 Å². The van der Waals surface area contributed by atoms with Gasteiger partial charge < -0.3 is 20.7 Å². The lowest BCUT2D eigenvalue weighted by atomic mass is 10.1. The molecule has 2 aliphatic heterocycles. The summed E-state index contributed by atoms with van der Waals surface area (Å²) in [6.45, 7) is 12.5. The van der Waals surface area contributed by atoms with Crippen molar-refractivity contribution in [1.82, 2.24) is 15.2 Å². The van der Waals surface area contributed by atoms with E-state index in [0.717, 1.165) is 36.7 Å². The van der Waals surface area contributed by atoms with Crippen molar-refractivity contribution >= 4 is 29.2 Å². The second kappa shape index (κ2) is 10.4. The largest absolute Gasteiger partial charge is 0.373 e. The fourth-order valence-electron chi connectivity index (χ4n) is 4.21. The molecule has 0 bridgehead atoms. The maximum Gasteiger partial charge on any atom is 0.268 e. The highest BCUT2D eigenvalue weighted by Crippen LogP contribution is 2.26. The predicted octanol–water partition coefficient (Wildman–Crippen LogP) is 3.46. The molecular formula is C25H32N5O2S+. The van der Waals surface area contributed by atoms with Crippen LogP contribution in [-0.2, 0) is 27.8 Å². The number of carbonyl (C=O) groups is 1. The molecule has 7 nitrogen and oxygen atoms in total. The maximum absolute atomic E-state index is 11.7. The van der Waals surface area contributed by atoms with Crippen LogP contribution in [0, 0.1) is 0 Å². The molecule has 3 atom stereocenters. The van der Waals surface area contributed by atoms with Gasteiger partial charge in [0.15, 0.2) is 0 Å². The van der Waals surface area contributed by atoms with Gasteiger partial charge in [-0.05, 0) is 49.8 Å². The van der Waals surface area contributed by atoms with Crippen molar-refractivity contribution in [3.8, 4) is 11.3 Å². The van der Waals surface area contributed by atoms with Crippen LogP contribution in [0.4, 0.5) is 11.5 Å². The molecule has 8 heteroatoms. The Morgan fingerprint density at radius 2 is 2.09 bits per heavy atom.